The molecule has 0 fully saturated rings. The summed E-state index contributed by atoms with van der Waals surface area (Å²) in [6.07, 6.45) is 2.04. The van der Waals surface area contributed by atoms with Gasteiger partial charge in [0.05, 0.1) is 28.9 Å². The third-order valence-corrected chi connectivity index (χ3v) is 3.76. The number of benzene rings is 1. The third kappa shape index (κ3) is 3.27. The van der Waals surface area contributed by atoms with Gasteiger partial charge in [-0.3, -0.25) is 0 Å². The Morgan fingerprint density at radius 3 is 2.71 bits per heavy atom. The Kier molecular flexibility index (Phi) is 4.54. The lowest BCUT2D eigenvalue weighted by Crippen LogP contribution is -1.97. The van der Waals surface area contributed by atoms with Gasteiger partial charge in [-0.05, 0) is 48.9 Å². The topological polar surface area (TPSA) is 50.3 Å². The molecule has 2 aromatic heterocycles. The highest BCUT2D eigenvalue weighted by molar-refractivity contribution is 6.30. The molecule has 0 aliphatic heterocycles. The molecular weight excluding hydrogens is 322 g/mol. The molecule has 0 saturated heterocycles. The molecule has 0 radical (unpaired) electrons. The summed E-state index contributed by atoms with van der Waals surface area (Å²) in [7, 11) is 0. The van der Waals surface area contributed by atoms with Crippen molar-refractivity contribution in [1.29, 1.82) is 5.26 Å². The zero-order chi connectivity index (χ0) is 17.1. The summed E-state index contributed by atoms with van der Waals surface area (Å²) in [5, 5.41) is 9.76. The summed E-state index contributed by atoms with van der Waals surface area (Å²) in [4.78, 5) is 4.64. The normalized spacial score (nSPS) is 10.5. The number of pyridine rings is 1. The minimum Gasteiger partial charge on any atom is -0.489 e. The molecular formula is C19H16ClN3O. The molecule has 3 aromatic rings. The van der Waals surface area contributed by atoms with Crippen LogP contribution >= 0.6 is 11.6 Å². The van der Waals surface area contributed by atoms with Crippen LogP contribution in [0.25, 0.3) is 16.9 Å². The first-order valence-corrected chi connectivity index (χ1v) is 7.87. The quantitative estimate of drug-likeness (QED) is 0.635. The lowest BCUT2D eigenvalue weighted by atomic mass is 10.1. The first-order valence-electron chi connectivity index (χ1n) is 7.49. The zero-order valence-electron chi connectivity index (χ0n) is 13.3. The van der Waals surface area contributed by atoms with E-state index in [1.807, 2.05) is 41.7 Å². The highest BCUT2D eigenvalue weighted by Gasteiger charge is 2.14. The van der Waals surface area contributed by atoms with Crippen LogP contribution in [0.15, 0.2) is 54.7 Å². The molecule has 0 spiro atoms. The van der Waals surface area contributed by atoms with Crippen molar-refractivity contribution < 1.29 is 4.74 Å². The smallest absolute Gasteiger partial charge is 0.137 e. The predicted molar refractivity (Wildman–Crippen MR) is 95.3 cm³/mol. The van der Waals surface area contributed by atoms with Gasteiger partial charge in [0, 0.05) is 11.8 Å². The molecule has 24 heavy (non-hydrogen) atoms. The Bertz CT molecular complexity index is 936. The SMILES string of the molecule is C=C(C)COc1ccc(-c2nc3ccc(Cl)cn3c2CC#N)cc1. The van der Waals surface area contributed by atoms with E-state index in [1.54, 1.807) is 12.3 Å². The molecule has 0 saturated carbocycles. The highest BCUT2D eigenvalue weighted by atomic mass is 35.5. The van der Waals surface area contributed by atoms with Crippen LogP contribution in [0.4, 0.5) is 0 Å². The maximum Gasteiger partial charge on any atom is 0.137 e. The molecule has 0 atom stereocenters. The number of imidazole rings is 1. The van der Waals surface area contributed by atoms with E-state index >= 15 is 0 Å². The summed E-state index contributed by atoms with van der Waals surface area (Å²) in [5.41, 5.74) is 4.27. The van der Waals surface area contributed by atoms with E-state index in [1.165, 1.54) is 0 Å². The van der Waals surface area contributed by atoms with E-state index in [0.717, 1.165) is 33.9 Å². The number of aromatic nitrogens is 2. The van der Waals surface area contributed by atoms with Crippen LogP contribution in [-0.2, 0) is 6.42 Å². The van der Waals surface area contributed by atoms with Gasteiger partial charge >= 0.3 is 0 Å². The molecule has 4 nitrogen and oxygen atoms in total. The number of rotatable bonds is 5. The maximum atomic E-state index is 9.15. The third-order valence-electron chi connectivity index (χ3n) is 3.54. The Morgan fingerprint density at radius 2 is 2.04 bits per heavy atom. The molecule has 0 N–H and O–H groups in total. The summed E-state index contributed by atoms with van der Waals surface area (Å²) >= 11 is 6.07. The fourth-order valence-electron chi connectivity index (χ4n) is 2.46. The summed E-state index contributed by atoms with van der Waals surface area (Å²) in [5.74, 6) is 0.774. The van der Waals surface area contributed by atoms with E-state index < -0.39 is 0 Å². The van der Waals surface area contributed by atoms with Crippen molar-refractivity contribution in [3.63, 3.8) is 0 Å². The predicted octanol–water partition coefficient (Wildman–Crippen LogP) is 4.68. The van der Waals surface area contributed by atoms with Crippen molar-refractivity contribution in [2.75, 3.05) is 6.61 Å². The first kappa shape index (κ1) is 16.1. The Hall–Kier alpha value is -2.77. The van der Waals surface area contributed by atoms with Gasteiger partial charge in [0.2, 0.25) is 0 Å². The number of nitrogens with zero attached hydrogens (tertiary/aromatic N) is 3. The van der Waals surface area contributed by atoms with Crippen molar-refractivity contribution in [1.82, 2.24) is 9.38 Å². The van der Waals surface area contributed by atoms with Crippen LogP contribution in [0.2, 0.25) is 5.02 Å². The molecule has 0 amide bonds. The van der Waals surface area contributed by atoms with E-state index in [9.17, 15) is 0 Å². The van der Waals surface area contributed by atoms with Gasteiger partial charge in [0.1, 0.15) is 18.0 Å². The molecule has 0 aliphatic rings. The summed E-state index contributed by atoms with van der Waals surface area (Å²) < 4.78 is 7.48. The molecule has 0 aliphatic carbocycles. The number of nitriles is 1. The minimum atomic E-state index is 0.255. The van der Waals surface area contributed by atoms with Crippen LogP contribution in [0.5, 0.6) is 5.75 Å². The fraction of sp³-hybridized carbons (Fsp3) is 0.158. The van der Waals surface area contributed by atoms with Gasteiger partial charge in [-0.25, -0.2) is 4.98 Å². The maximum absolute atomic E-state index is 9.15. The van der Waals surface area contributed by atoms with Crippen molar-refractivity contribution in [2.24, 2.45) is 0 Å². The van der Waals surface area contributed by atoms with Crippen LogP contribution in [0.1, 0.15) is 12.6 Å². The number of hydrogen-bond donors (Lipinski definition) is 0. The highest BCUT2D eigenvalue weighted by Crippen LogP contribution is 2.27. The standard InChI is InChI=1S/C19H16ClN3O/c1-13(2)12-24-16-6-3-14(4-7-16)19-17(9-10-21)23-11-15(20)5-8-18(23)22-19/h3-8,11H,1,9,12H2,2H3. The van der Waals surface area contributed by atoms with Crippen LogP contribution < -0.4 is 4.74 Å². The Morgan fingerprint density at radius 1 is 1.29 bits per heavy atom. The lowest BCUT2D eigenvalue weighted by Gasteiger charge is -2.07. The van der Waals surface area contributed by atoms with E-state index in [0.29, 0.717) is 11.6 Å². The molecule has 0 unspecified atom stereocenters. The van der Waals surface area contributed by atoms with Gasteiger partial charge < -0.3 is 9.14 Å². The second kappa shape index (κ2) is 6.77. The molecule has 1 aromatic carbocycles. The van der Waals surface area contributed by atoms with E-state index in [2.05, 4.69) is 17.6 Å². The average Bonchev–Trinajstić information content (AvgIpc) is 2.92. The fourth-order valence-corrected chi connectivity index (χ4v) is 2.62. The van der Waals surface area contributed by atoms with Crippen molar-refractivity contribution in [3.8, 4) is 23.1 Å². The second-order valence-corrected chi connectivity index (χ2v) is 6.02. The first-order chi connectivity index (χ1) is 11.6. The lowest BCUT2D eigenvalue weighted by molar-refractivity contribution is 0.353. The molecule has 2 heterocycles. The van der Waals surface area contributed by atoms with Crippen molar-refractivity contribution in [3.05, 3.63) is 65.5 Å². The minimum absolute atomic E-state index is 0.255. The van der Waals surface area contributed by atoms with Gasteiger partial charge in [0.25, 0.3) is 0 Å². The molecule has 5 heteroatoms. The van der Waals surface area contributed by atoms with E-state index in [4.69, 9.17) is 21.6 Å². The number of fused-ring (bicyclic) bond motifs is 1. The number of ether oxygens (including phenoxy) is 1. The van der Waals surface area contributed by atoms with Crippen LogP contribution in [-0.4, -0.2) is 16.0 Å². The van der Waals surface area contributed by atoms with Gasteiger partial charge in [-0.15, -0.1) is 0 Å². The van der Waals surface area contributed by atoms with Crippen molar-refractivity contribution in [2.45, 2.75) is 13.3 Å². The molecule has 0 bridgehead atoms. The largest absolute Gasteiger partial charge is 0.489 e. The average molecular weight is 338 g/mol. The van der Waals surface area contributed by atoms with E-state index in [-0.39, 0.29) is 6.42 Å². The monoisotopic (exact) mass is 337 g/mol. The number of hydrogen-bond acceptors (Lipinski definition) is 3. The Balaban J connectivity index is 2.00. The van der Waals surface area contributed by atoms with Gasteiger partial charge in [-0.1, -0.05) is 18.2 Å². The Labute approximate surface area is 145 Å². The molecule has 120 valence electrons. The van der Waals surface area contributed by atoms with Gasteiger partial charge in [-0.2, -0.15) is 5.26 Å². The van der Waals surface area contributed by atoms with Crippen LogP contribution in [0, 0.1) is 11.3 Å². The summed E-state index contributed by atoms with van der Waals surface area (Å²) in [6, 6.07) is 13.5. The van der Waals surface area contributed by atoms with Crippen molar-refractivity contribution >= 4 is 17.2 Å². The van der Waals surface area contributed by atoms with Crippen LogP contribution in [0.3, 0.4) is 0 Å². The summed E-state index contributed by atoms with van der Waals surface area (Å²) in [6.45, 7) is 6.23. The zero-order valence-corrected chi connectivity index (χ0v) is 14.0. The molecule has 3 rings (SSSR count). The second-order valence-electron chi connectivity index (χ2n) is 5.59. The van der Waals surface area contributed by atoms with Gasteiger partial charge in [0.15, 0.2) is 0 Å². The number of halogens is 1.